The molecule has 0 unspecified atom stereocenters. The third-order valence-corrected chi connectivity index (χ3v) is 4.59. The molecule has 3 rings (SSSR count). The first-order chi connectivity index (χ1) is 12.5. The normalized spacial score (nSPS) is 10.7. The zero-order valence-corrected chi connectivity index (χ0v) is 14.9. The molecule has 1 N–H and O–H groups in total. The number of aliphatic carboxylic acids is 1. The Morgan fingerprint density at radius 1 is 0.923 bits per heavy atom. The highest BCUT2D eigenvalue weighted by molar-refractivity contribution is 6.08. The molecule has 0 aliphatic heterocycles. The van der Waals surface area contributed by atoms with Crippen molar-refractivity contribution in [1.29, 1.82) is 0 Å². The predicted molar refractivity (Wildman–Crippen MR) is 101 cm³/mol. The largest absolute Gasteiger partial charge is 0.481 e. The van der Waals surface area contributed by atoms with Crippen molar-refractivity contribution in [1.82, 2.24) is 4.57 Å². The highest BCUT2D eigenvalue weighted by Crippen LogP contribution is 2.19. The van der Waals surface area contributed by atoms with Crippen LogP contribution in [0.25, 0.3) is 0 Å². The number of carboxylic acids is 1. The van der Waals surface area contributed by atoms with E-state index >= 15 is 0 Å². The molecular weight excluding hydrogens is 326 g/mol. The van der Waals surface area contributed by atoms with Crippen LogP contribution in [0.4, 0.5) is 0 Å². The highest BCUT2D eigenvalue weighted by Gasteiger charge is 2.18. The van der Waals surface area contributed by atoms with Crippen molar-refractivity contribution < 1.29 is 14.7 Å². The molecule has 2 aromatic carbocycles. The van der Waals surface area contributed by atoms with E-state index in [1.807, 2.05) is 62.4 Å². The van der Waals surface area contributed by atoms with Gasteiger partial charge in [-0.1, -0.05) is 42.5 Å². The molecule has 0 aliphatic rings. The number of hydrogen-bond acceptors (Lipinski definition) is 2. The minimum atomic E-state index is -0.914. The lowest BCUT2D eigenvalue weighted by Gasteiger charge is -2.13. The van der Waals surface area contributed by atoms with Crippen LogP contribution >= 0.6 is 0 Å². The highest BCUT2D eigenvalue weighted by atomic mass is 16.4. The molecule has 0 radical (unpaired) electrons. The Hall–Kier alpha value is -3.14. The summed E-state index contributed by atoms with van der Waals surface area (Å²) in [4.78, 5) is 24.3. The van der Waals surface area contributed by atoms with Gasteiger partial charge < -0.3 is 9.67 Å². The van der Waals surface area contributed by atoms with Crippen molar-refractivity contribution in [2.24, 2.45) is 0 Å². The second kappa shape index (κ2) is 7.40. The van der Waals surface area contributed by atoms with Gasteiger partial charge in [-0.15, -0.1) is 0 Å². The SMILES string of the molecule is Cc1ccc(C(=O)c2ccc(CC(=O)O)n2Cc2ccccc2)cc1C. The fourth-order valence-corrected chi connectivity index (χ4v) is 3.00. The van der Waals surface area contributed by atoms with Crippen molar-refractivity contribution in [3.8, 4) is 0 Å². The van der Waals surface area contributed by atoms with Gasteiger partial charge in [0, 0.05) is 17.8 Å². The van der Waals surface area contributed by atoms with Gasteiger partial charge in [0.25, 0.3) is 0 Å². The van der Waals surface area contributed by atoms with E-state index in [-0.39, 0.29) is 12.2 Å². The fourth-order valence-electron chi connectivity index (χ4n) is 3.00. The average molecular weight is 347 g/mol. The van der Waals surface area contributed by atoms with Gasteiger partial charge in [0.1, 0.15) is 0 Å². The molecule has 0 amide bonds. The molecule has 0 bridgehead atoms. The molecule has 4 nitrogen and oxygen atoms in total. The Bertz CT molecular complexity index is 955. The minimum Gasteiger partial charge on any atom is -0.481 e. The molecule has 0 spiro atoms. The first-order valence-corrected chi connectivity index (χ1v) is 8.52. The average Bonchev–Trinajstić information content (AvgIpc) is 2.99. The number of aromatic nitrogens is 1. The number of benzene rings is 2. The number of aryl methyl sites for hydroxylation is 2. The smallest absolute Gasteiger partial charge is 0.309 e. The van der Waals surface area contributed by atoms with E-state index in [4.69, 9.17) is 0 Å². The summed E-state index contributed by atoms with van der Waals surface area (Å²) >= 11 is 0. The molecule has 26 heavy (non-hydrogen) atoms. The van der Waals surface area contributed by atoms with E-state index in [9.17, 15) is 14.7 Å². The maximum absolute atomic E-state index is 13.1. The van der Waals surface area contributed by atoms with Gasteiger partial charge in [-0.3, -0.25) is 9.59 Å². The van der Waals surface area contributed by atoms with Crippen LogP contribution < -0.4 is 0 Å². The third-order valence-electron chi connectivity index (χ3n) is 4.59. The van der Waals surface area contributed by atoms with E-state index in [0.29, 0.717) is 23.5 Å². The van der Waals surface area contributed by atoms with Crippen LogP contribution in [0.3, 0.4) is 0 Å². The van der Waals surface area contributed by atoms with E-state index in [2.05, 4.69) is 0 Å². The molecule has 0 saturated heterocycles. The summed E-state index contributed by atoms with van der Waals surface area (Å²) in [6.07, 6.45) is -0.118. The Morgan fingerprint density at radius 2 is 1.65 bits per heavy atom. The molecular formula is C22H21NO3. The third kappa shape index (κ3) is 3.75. The van der Waals surface area contributed by atoms with Gasteiger partial charge in [0.2, 0.25) is 5.78 Å². The Labute approximate surface area is 152 Å². The molecule has 0 saturated carbocycles. The van der Waals surface area contributed by atoms with E-state index < -0.39 is 5.97 Å². The molecule has 0 aliphatic carbocycles. The van der Waals surface area contributed by atoms with Crippen LogP contribution in [-0.2, 0) is 17.8 Å². The Balaban J connectivity index is 2.02. The van der Waals surface area contributed by atoms with Crippen molar-refractivity contribution >= 4 is 11.8 Å². The number of hydrogen-bond donors (Lipinski definition) is 1. The van der Waals surface area contributed by atoms with Crippen LogP contribution in [0, 0.1) is 13.8 Å². The van der Waals surface area contributed by atoms with Crippen molar-refractivity contribution in [2.75, 3.05) is 0 Å². The van der Waals surface area contributed by atoms with Gasteiger partial charge in [0.15, 0.2) is 0 Å². The number of carboxylic acid groups (broad SMARTS) is 1. The first kappa shape index (κ1) is 17.7. The summed E-state index contributed by atoms with van der Waals surface area (Å²) in [6, 6.07) is 18.8. The van der Waals surface area contributed by atoms with Crippen LogP contribution in [0.2, 0.25) is 0 Å². The van der Waals surface area contributed by atoms with Crippen LogP contribution in [0.5, 0.6) is 0 Å². The molecule has 1 heterocycles. The maximum atomic E-state index is 13.1. The lowest BCUT2D eigenvalue weighted by Crippen LogP contribution is -2.15. The monoisotopic (exact) mass is 347 g/mol. The summed E-state index contributed by atoms with van der Waals surface area (Å²) in [7, 11) is 0. The molecule has 132 valence electrons. The Kier molecular flexibility index (Phi) is 5.03. The van der Waals surface area contributed by atoms with Crippen molar-refractivity contribution in [3.63, 3.8) is 0 Å². The summed E-state index contributed by atoms with van der Waals surface area (Å²) in [5.74, 6) is -1.01. The lowest BCUT2D eigenvalue weighted by molar-refractivity contribution is -0.136. The van der Waals surface area contributed by atoms with E-state index in [1.165, 1.54) is 0 Å². The molecule has 0 fully saturated rings. The number of carbonyl (C=O) groups is 2. The van der Waals surface area contributed by atoms with Gasteiger partial charge >= 0.3 is 5.97 Å². The van der Waals surface area contributed by atoms with Crippen molar-refractivity contribution in [3.05, 3.63) is 94.3 Å². The summed E-state index contributed by atoms with van der Waals surface area (Å²) in [5, 5.41) is 9.19. The fraction of sp³-hybridized carbons (Fsp3) is 0.182. The number of nitrogens with zero attached hydrogens (tertiary/aromatic N) is 1. The molecule has 1 aromatic heterocycles. The molecule has 0 atom stereocenters. The van der Waals surface area contributed by atoms with E-state index in [1.54, 1.807) is 16.7 Å². The lowest BCUT2D eigenvalue weighted by atomic mass is 10.0. The topological polar surface area (TPSA) is 59.3 Å². The zero-order valence-electron chi connectivity index (χ0n) is 14.9. The maximum Gasteiger partial charge on any atom is 0.309 e. The van der Waals surface area contributed by atoms with E-state index in [0.717, 1.165) is 16.7 Å². The van der Waals surface area contributed by atoms with Crippen LogP contribution in [0.15, 0.2) is 60.7 Å². The predicted octanol–water partition coefficient (Wildman–Crippen LogP) is 4.01. The summed E-state index contributed by atoms with van der Waals surface area (Å²) in [6.45, 7) is 4.44. The van der Waals surface area contributed by atoms with Crippen molar-refractivity contribution in [2.45, 2.75) is 26.8 Å². The minimum absolute atomic E-state index is 0.0966. The number of carbonyl (C=O) groups excluding carboxylic acids is 1. The first-order valence-electron chi connectivity index (χ1n) is 8.52. The summed E-state index contributed by atoms with van der Waals surface area (Å²) in [5.41, 5.74) is 4.95. The molecule has 3 aromatic rings. The number of rotatable bonds is 6. The Morgan fingerprint density at radius 3 is 2.31 bits per heavy atom. The van der Waals surface area contributed by atoms with Gasteiger partial charge in [-0.05, 0) is 48.7 Å². The van der Waals surface area contributed by atoms with Crippen LogP contribution in [-0.4, -0.2) is 21.4 Å². The summed E-state index contributed by atoms with van der Waals surface area (Å²) < 4.78 is 1.81. The number of ketones is 1. The van der Waals surface area contributed by atoms with Gasteiger partial charge in [-0.25, -0.2) is 0 Å². The quantitative estimate of drug-likeness (QED) is 0.685. The standard InChI is InChI=1S/C22H21NO3/c1-15-8-9-18(12-16(15)2)22(26)20-11-10-19(13-21(24)25)23(20)14-17-6-4-3-5-7-17/h3-12H,13-14H2,1-2H3,(H,24,25). The van der Waals surface area contributed by atoms with Gasteiger partial charge in [0.05, 0.1) is 12.1 Å². The second-order valence-electron chi connectivity index (χ2n) is 6.48. The van der Waals surface area contributed by atoms with Gasteiger partial charge in [-0.2, -0.15) is 0 Å². The second-order valence-corrected chi connectivity index (χ2v) is 6.48. The molecule has 4 heteroatoms. The zero-order chi connectivity index (χ0) is 18.7. The van der Waals surface area contributed by atoms with Crippen LogP contribution in [0.1, 0.15) is 38.4 Å².